The molecule has 0 aromatic carbocycles. The molecule has 1 N–H and O–H groups in total. The van der Waals surface area contributed by atoms with E-state index in [9.17, 15) is 19.5 Å². The van der Waals surface area contributed by atoms with Crippen molar-refractivity contribution >= 4 is 17.9 Å². The van der Waals surface area contributed by atoms with Crippen molar-refractivity contribution in [2.45, 2.75) is 91.0 Å². The molecular weight excluding hydrogens is 416 g/mol. The number of ether oxygens (including phenoxy) is 4. The van der Waals surface area contributed by atoms with Gasteiger partial charge in [0.15, 0.2) is 0 Å². The fraction of sp³-hybridized carbons (Fsp3) is 0.875. The Morgan fingerprint density at radius 2 is 1.72 bits per heavy atom. The maximum atomic E-state index is 13.0. The van der Waals surface area contributed by atoms with Gasteiger partial charge in [-0.3, -0.25) is 9.59 Å². The molecule has 178 valence electrons. The number of hydrogen-bond acceptors (Lipinski definition) is 8. The van der Waals surface area contributed by atoms with E-state index in [0.717, 1.165) is 25.7 Å². The van der Waals surface area contributed by atoms with Gasteiger partial charge in [0.25, 0.3) is 0 Å². The number of fused-ring (bicyclic) bond motifs is 1. The first-order chi connectivity index (χ1) is 14.9. The molecule has 10 atom stereocenters. The molecule has 0 radical (unpaired) electrons. The Morgan fingerprint density at radius 1 is 1.03 bits per heavy atom. The summed E-state index contributed by atoms with van der Waals surface area (Å²) in [5.74, 6) is -2.93. The number of aliphatic hydroxyl groups is 1. The Labute approximate surface area is 188 Å². The molecule has 0 amide bonds. The van der Waals surface area contributed by atoms with E-state index in [0.29, 0.717) is 5.92 Å². The van der Waals surface area contributed by atoms with Crippen molar-refractivity contribution in [3.63, 3.8) is 0 Å². The predicted molar refractivity (Wildman–Crippen MR) is 109 cm³/mol. The second-order valence-corrected chi connectivity index (χ2v) is 11.5. The summed E-state index contributed by atoms with van der Waals surface area (Å²) in [4.78, 5) is 36.8. The standard InChI is InChI=1S/C24H34O8/c1-11(25)29-18-15(13-7-8-14-22(3,4)9-6-10-23(13,14)5)16-17-20(30-12(2)26)31-19(16)32-21(27)24(17,18)28/h13-20,28H,6-10H2,1-5H3/t13-,14+,15-,16+,17-,18+,19?,20-,23-,24-/m1/s1. The summed E-state index contributed by atoms with van der Waals surface area (Å²) >= 11 is 0. The Hall–Kier alpha value is -1.67. The molecular formula is C24H34O8. The fourth-order valence-corrected chi connectivity index (χ4v) is 8.55. The third-order valence-electron chi connectivity index (χ3n) is 9.51. The lowest BCUT2D eigenvalue weighted by Gasteiger charge is -2.51. The zero-order valence-corrected chi connectivity index (χ0v) is 19.5. The van der Waals surface area contributed by atoms with Crippen molar-refractivity contribution in [3.05, 3.63) is 0 Å². The van der Waals surface area contributed by atoms with E-state index < -0.39 is 54.0 Å². The Kier molecular flexibility index (Phi) is 4.79. The van der Waals surface area contributed by atoms with Crippen molar-refractivity contribution in [1.29, 1.82) is 0 Å². The van der Waals surface area contributed by atoms with Crippen LogP contribution in [0, 0.1) is 40.4 Å². The second kappa shape index (κ2) is 6.92. The highest BCUT2D eigenvalue weighted by Gasteiger charge is 2.80. The first kappa shape index (κ1) is 22.1. The lowest BCUT2D eigenvalue weighted by Crippen LogP contribution is -2.57. The highest BCUT2D eigenvalue weighted by molar-refractivity contribution is 5.84. The van der Waals surface area contributed by atoms with Crippen LogP contribution in [0.2, 0.25) is 0 Å². The van der Waals surface area contributed by atoms with E-state index in [1.807, 2.05) is 0 Å². The minimum absolute atomic E-state index is 0.0158. The van der Waals surface area contributed by atoms with Gasteiger partial charge in [-0.1, -0.05) is 27.2 Å². The molecule has 5 rings (SSSR count). The maximum Gasteiger partial charge on any atom is 0.344 e. The molecule has 32 heavy (non-hydrogen) atoms. The lowest BCUT2D eigenvalue weighted by atomic mass is 9.53. The van der Waals surface area contributed by atoms with Gasteiger partial charge in [0.1, 0.15) is 6.10 Å². The third-order valence-corrected chi connectivity index (χ3v) is 9.51. The van der Waals surface area contributed by atoms with Crippen molar-refractivity contribution in [3.8, 4) is 0 Å². The van der Waals surface area contributed by atoms with Crippen LogP contribution in [0.15, 0.2) is 0 Å². The number of hydrogen-bond donors (Lipinski definition) is 1. The molecule has 3 saturated carbocycles. The maximum absolute atomic E-state index is 13.0. The summed E-state index contributed by atoms with van der Waals surface area (Å²) in [6, 6.07) is 0. The fourth-order valence-electron chi connectivity index (χ4n) is 8.55. The summed E-state index contributed by atoms with van der Waals surface area (Å²) in [7, 11) is 0. The van der Waals surface area contributed by atoms with E-state index in [4.69, 9.17) is 18.9 Å². The summed E-state index contributed by atoms with van der Waals surface area (Å²) in [5, 5.41) is 11.8. The van der Waals surface area contributed by atoms with Gasteiger partial charge in [-0.15, -0.1) is 0 Å². The summed E-state index contributed by atoms with van der Waals surface area (Å²) in [5.41, 5.74) is -1.92. The van der Waals surface area contributed by atoms with Gasteiger partial charge in [0.05, 0.1) is 5.92 Å². The molecule has 4 bridgehead atoms. The van der Waals surface area contributed by atoms with Crippen molar-refractivity contribution in [1.82, 2.24) is 0 Å². The zero-order chi connectivity index (χ0) is 23.2. The molecule has 0 spiro atoms. The molecule has 5 aliphatic rings. The van der Waals surface area contributed by atoms with Crippen LogP contribution in [0.25, 0.3) is 0 Å². The Bertz CT molecular complexity index is 853. The van der Waals surface area contributed by atoms with Crippen LogP contribution in [-0.4, -0.2) is 47.3 Å². The number of rotatable bonds is 3. The van der Waals surface area contributed by atoms with Crippen molar-refractivity contribution in [2.75, 3.05) is 0 Å². The van der Waals surface area contributed by atoms with Crippen molar-refractivity contribution in [2.24, 2.45) is 40.4 Å². The van der Waals surface area contributed by atoms with Crippen LogP contribution >= 0.6 is 0 Å². The molecule has 8 nitrogen and oxygen atoms in total. The third kappa shape index (κ3) is 2.77. The van der Waals surface area contributed by atoms with Crippen LogP contribution in [0.4, 0.5) is 0 Å². The first-order valence-electron chi connectivity index (χ1n) is 11.8. The van der Waals surface area contributed by atoms with Gasteiger partial charge >= 0.3 is 17.9 Å². The molecule has 1 unspecified atom stereocenters. The van der Waals surface area contributed by atoms with Gasteiger partial charge in [-0.05, 0) is 48.3 Å². The van der Waals surface area contributed by atoms with Gasteiger partial charge in [0.2, 0.25) is 18.2 Å². The van der Waals surface area contributed by atoms with Gasteiger partial charge in [-0.25, -0.2) is 4.79 Å². The molecule has 2 aliphatic heterocycles. The first-order valence-corrected chi connectivity index (χ1v) is 11.8. The van der Waals surface area contributed by atoms with E-state index in [1.165, 1.54) is 20.3 Å². The van der Waals surface area contributed by atoms with Crippen LogP contribution < -0.4 is 0 Å². The normalized spacial score (nSPS) is 50.5. The number of carbonyl (C=O) groups is 3. The van der Waals surface area contributed by atoms with Gasteiger partial charge in [0, 0.05) is 25.7 Å². The smallest absolute Gasteiger partial charge is 0.344 e. The summed E-state index contributed by atoms with van der Waals surface area (Å²) in [6.07, 6.45) is 2.23. The summed E-state index contributed by atoms with van der Waals surface area (Å²) in [6.45, 7) is 9.53. The highest BCUT2D eigenvalue weighted by atomic mass is 16.8. The van der Waals surface area contributed by atoms with E-state index in [-0.39, 0.29) is 22.7 Å². The molecule has 3 aliphatic carbocycles. The van der Waals surface area contributed by atoms with Crippen LogP contribution in [0.1, 0.15) is 66.7 Å². The largest absolute Gasteiger partial charge is 0.458 e. The number of carbonyl (C=O) groups excluding carboxylic acids is 3. The Morgan fingerprint density at radius 3 is 2.38 bits per heavy atom. The second-order valence-electron chi connectivity index (χ2n) is 11.5. The van der Waals surface area contributed by atoms with E-state index in [1.54, 1.807) is 0 Å². The number of esters is 3. The van der Waals surface area contributed by atoms with E-state index in [2.05, 4.69) is 20.8 Å². The molecule has 8 heteroatoms. The average Bonchev–Trinajstić information content (AvgIpc) is 3.22. The monoisotopic (exact) mass is 450 g/mol. The van der Waals surface area contributed by atoms with Crippen LogP contribution in [-0.2, 0) is 33.3 Å². The van der Waals surface area contributed by atoms with Gasteiger partial charge < -0.3 is 24.1 Å². The van der Waals surface area contributed by atoms with Crippen LogP contribution in [0.5, 0.6) is 0 Å². The zero-order valence-electron chi connectivity index (χ0n) is 19.5. The molecule has 2 saturated heterocycles. The molecule has 2 heterocycles. The summed E-state index contributed by atoms with van der Waals surface area (Å²) < 4.78 is 22.4. The highest BCUT2D eigenvalue weighted by Crippen LogP contribution is 2.69. The molecule has 5 fully saturated rings. The lowest BCUT2D eigenvalue weighted by molar-refractivity contribution is -0.211. The topological polar surface area (TPSA) is 108 Å². The quantitative estimate of drug-likeness (QED) is 0.516. The van der Waals surface area contributed by atoms with Gasteiger partial charge in [-0.2, -0.15) is 0 Å². The predicted octanol–water partition coefficient (Wildman–Crippen LogP) is 2.56. The minimum Gasteiger partial charge on any atom is -0.458 e. The van der Waals surface area contributed by atoms with E-state index >= 15 is 0 Å². The Balaban J connectivity index is 1.60. The SMILES string of the molecule is CC(=O)O[C@@H]1OC2OC(=O)[C@@]3(O)[C@@H]1[C@@H]2[C@@H]([C@H]1CC[C@H]2C(C)(C)CCC[C@]12C)[C@@H]3OC(C)=O. The van der Waals surface area contributed by atoms with Crippen LogP contribution in [0.3, 0.4) is 0 Å². The van der Waals surface area contributed by atoms with Crippen molar-refractivity contribution < 1.29 is 38.4 Å². The minimum atomic E-state index is -2.10. The average molecular weight is 451 g/mol. The molecule has 0 aromatic heterocycles. The molecule has 0 aromatic rings.